The van der Waals surface area contributed by atoms with Gasteiger partial charge in [-0.2, -0.15) is 0 Å². The predicted octanol–water partition coefficient (Wildman–Crippen LogP) is 1.65. The molecule has 0 saturated heterocycles. The van der Waals surface area contributed by atoms with Crippen LogP contribution in [0.2, 0.25) is 0 Å². The molecule has 2 N–H and O–H groups in total. The SMILES string of the molecule is COc1csc(C(=O)NCC2CCC(O)C2)c1. The molecule has 2 unspecified atom stereocenters. The van der Waals surface area contributed by atoms with Crippen molar-refractivity contribution in [2.45, 2.75) is 25.4 Å². The normalized spacial score (nSPS) is 23.6. The second kappa shape index (κ2) is 5.51. The highest BCUT2D eigenvalue weighted by atomic mass is 32.1. The zero-order valence-corrected chi connectivity index (χ0v) is 10.6. The molecule has 1 aromatic rings. The molecule has 2 atom stereocenters. The maximum atomic E-state index is 11.8. The first kappa shape index (κ1) is 12.4. The zero-order chi connectivity index (χ0) is 12.3. The Hall–Kier alpha value is -1.07. The molecule has 1 saturated carbocycles. The lowest BCUT2D eigenvalue weighted by atomic mass is 10.1. The number of aliphatic hydroxyl groups excluding tert-OH is 1. The van der Waals surface area contributed by atoms with Gasteiger partial charge in [0.2, 0.25) is 0 Å². The van der Waals surface area contributed by atoms with Crippen LogP contribution in [0.5, 0.6) is 5.75 Å². The number of nitrogens with one attached hydrogen (secondary N) is 1. The van der Waals surface area contributed by atoms with Crippen molar-refractivity contribution in [1.29, 1.82) is 0 Å². The summed E-state index contributed by atoms with van der Waals surface area (Å²) in [4.78, 5) is 12.5. The second-order valence-electron chi connectivity index (χ2n) is 4.39. The van der Waals surface area contributed by atoms with Gasteiger partial charge in [-0.05, 0) is 25.2 Å². The van der Waals surface area contributed by atoms with Crippen molar-refractivity contribution in [3.63, 3.8) is 0 Å². The minimum absolute atomic E-state index is 0.0558. The Morgan fingerprint density at radius 2 is 2.47 bits per heavy atom. The van der Waals surface area contributed by atoms with Gasteiger partial charge in [0.15, 0.2) is 0 Å². The number of rotatable bonds is 4. The molecule has 94 valence electrons. The van der Waals surface area contributed by atoms with Crippen LogP contribution in [0, 0.1) is 5.92 Å². The molecule has 1 heterocycles. The average Bonchev–Trinajstić information content (AvgIpc) is 2.94. The largest absolute Gasteiger partial charge is 0.496 e. The quantitative estimate of drug-likeness (QED) is 0.860. The number of aliphatic hydroxyl groups is 1. The lowest BCUT2D eigenvalue weighted by Gasteiger charge is -2.09. The highest BCUT2D eigenvalue weighted by molar-refractivity contribution is 7.12. The summed E-state index contributed by atoms with van der Waals surface area (Å²) in [6.45, 7) is 0.649. The van der Waals surface area contributed by atoms with E-state index in [0.717, 1.165) is 25.0 Å². The van der Waals surface area contributed by atoms with E-state index in [2.05, 4.69) is 5.32 Å². The monoisotopic (exact) mass is 255 g/mol. The summed E-state index contributed by atoms with van der Waals surface area (Å²) in [6.07, 6.45) is 2.47. The molecule has 1 amide bonds. The Bertz CT molecular complexity index is 391. The smallest absolute Gasteiger partial charge is 0.261 e. The summed E-state index contributed by atoms with van der Waals surface area (Å²) < 4.78 is 5.03. The minimum Gasteiger partial charge on any atom is -0.496 e. The number of thiophene rings is 1. The first-order valence-electron chi connectivity index (χ1n) is 5.78. The summed E-state index contributed by atoms with van der Waals surface area (Å²) in [5.74, 6) is 1.08. The fourth-order valence-corrected chi connectivity index (χ4v) is 2.87. The van der Waals surface area contributed by atoms with Crippen LogP contribution in [0.1, 0.15) is 28.9 Å². The zero-order valence-electron chi connectivity index (χ0n) is 9.81. The number of ether oxygens (including phenoxy) is 1. The molecule has 17 heavy (non-hydrogen) atoms. The van der Waals surface area contributed by atoms with Crippen LogP contribution >= 0.6 is 11.3 Å². The highest BCUT2D eigenvalue weighted by Gasteiger charge is 2.23. The van der Waals surface area contributed by atoms with E-state index in [1.165, 1.54) is 11.3 Å². The van der Waals surface area contributed by atoms with Gasteiger partial charge in [-0.1, -0.05) is 0 Å². The molecule has 0 bridgehead atoms. The third-order valence-corrected chi connectivity index (χ3v) is 4.01. The van der Waals surface area contributed by atoms with Crippen LogP contribution in [0.4, 0.5) is 0 Å². The van der Waals surface area contributed by atoms with Crippen molar-refractivity contribution in [3.05, 3.63) is 16.3 Å². The molecular weight excluding hydrogens is 238 g/mol. The Morgan fingerprint density at radius 1 is 1.65 bits per heavy atom. The van der Waals surface area contributed by atoms with Gasteiger partial charge < -0.3 is 15.2 Å². The van der Waals surface area contributed by atoms with Crippen LogP contribution in [-0.4, -0.2) is 30.8 Å². The van der Waals surface area contributed by atoms with Gasteiger partial charge in [0.1, 0.15) is 5.75 Å². The van der Waals surface area contributed by atoms with Crippen molar-refractivity contribution in [2.24, 2.45) is 5.92 Å². The third kappa shape index (κ3) is 3.20. The predicted molar refractivity (Wildman–Crippen MR) is 66.6 cm³/mol. The number of hydrogen-bond donors (Lipinski definition) is 2. The van der Waals surface area contributed by atoms with Gasteiger partial charge in [-0.3, -0.25) is 4.79 Å². The van der Waals surface area contributed by atoms with E-state index < -0.39 is 0 Å². The first-order chi connectivity index (χ1) is 8.19. The Morgan fingerprint density at radius 3 is 3.06 bits per heavy atom. The fraction of sp³-hybridized carbons (Fsp3) is 0.583. The fourth-order valence-electron chi connectivity index (χ4n) is 2.10. The van der Waals surface area contributed by atoms with Crippen molar-refractivity contribution < 1.29 is 14.6 Å². The van der Waals surface area contributed by atoms with E-state index in [-0.39, 0.29) is 12.0 Å². The number of amides is 1. The lowest BCUT2D eigenvalue weighted by Crippen LogP contribution is -2.28. The van der Waals surface area contributed by atoms with Gasteiger partial charge in [0, 0.05) is 18.0 Å². The third-order valence-electron chi connectivity index (χ3n) is 3.10. The maximum Gasteiger partial charge on any atom is 0.261 e. The number of carbonyl (C=O) groups excluding carboxylic acids is 1. The van der Waals surface area contributed by atoms with Crippen LogP contribution in [0.3, 0.4) is 0 Å². The van der Waals surface area contributed by atoms with E-state index in [0.29, 0.717) is 17.3 Å². The van der Waals surface area contributed by atoms with E-state index in [1.807, 2.05) is 5.38 Å². The standard InChI is InChI=1S/C12H17NO3S/c1-16-10-5-11(17-7-10)12(15)13-6-8-2-3-9(14)4-8/h5,7-9,14H,2-4,6H2,1H3,(H,13,15). The van der Waals surface area contributed by atoms with Crippen LogP contribution < -0.4 is 10.1 Å². The first-order valence-corrected chi connectivity index (χ1v) is 6.65. The van der Waals surface area contributed by atoms with Crippen LogP contribution in [0.25, 0.3) is 0 Å². The van der Waals surface area contributed by atoms with E-state index in [9.17, 15) is 9.90 Å². The lowest BCUT2D eigenvalue weighted by molar-refractivity contribution is 0.0949. The topological polar surface area (TPSA) is 58.6 Å². The summed E-state index contributed by atoms with van der Waals surface area (Å²) in [6, 6.07) is 1.74. The number of carbonyl (C=O) groups is 1. The summed E-state index contributed by atoms with van der Waals surface area (Å²) >= 11 is 1.38. The van der Waals surface area contributed by atoms with E-state index in [1.54, 1.807) is 13.2 Å². The molecular formula is C12H17NO3S. The molecule has 1 fully saturated rings. The Balaban J connectivity index is 1.81. The van der Waals surface area contributed by atoms with E-state index in [4.69, 9.17) is 4.74 Å². The van der Waals surface area contributed by atoms with Crippen molar-refractivity contribution in [1.82, 2.24) is 5.32 Å². The molecule has 2 rings (SSSR count). The molecule has 0 aliphatic heterocycles. The van der Waals surface area contributed by atoms with Crippen molar-refractivity contribution >= 4 is 17.2 Å². The van der Waals surface area contributed by atoms with Gasteiger partial charge in [0.25, 0.3) is 5.91 Å². The molecule has 0 aromatic carbocycles. The van der Waals surface area contributed by atoms with Gasteiger partial charge >= 0.3 is 0 Å². The molecule has 1 aliphatic carbocycles. The highest BCUT2D eigenvalue weighted by Crippen LogP contribution is 2.25. The van der Waals surface area contributed by atoms with Gasteiger partial charge in [0.05, 0.1) is 18.1 Å². The molecule has 4 nitrogen and oxygen atoms in total. The minimum atomic E-state index is -0.182. The van der Waals surface area contributed by atoms with Crippen molar-refractivity contribution in [3.8, 4) is 5.75 Å². The number of methoxy groups -OCH3 is 1. The van der Waals surface area contributed by atoms with Gasteiger partial charge in [-0.15, -0.1) is 11.3 Å². The summed E-state index contributed by atoms with van der Waals surface area (Å²) in [5, 5.41) is 14.1. The molecule has 1 aromatic heterocycles. The van der Waals surface area contributed by atoms with Gasteiger partial charge in [-0.25, -0.2) is 0 Å². The number of hydrogen-bond acceptors (Lipinski definition) is 4. The van der Waals surface area contributed by atoms with Crippen LogP contribution in [0.15, 0.2) is 11.4 Å². The van der Waals surface area contributed by atoms with Crippen LogP contribution in [-0.2, 0) is 0 Å². The molecule has 0 spiro atoms. The molecule has 1 aliphatic rings. The second-order valence-corrected chi connectivity index (χ2v) is 5.30. The average molecular weight is 255 g/mol. The van der Waals surface area contributed by atoms with Crippen molar-refractivity contribution in [2.75, 3.05) is 13.7 Å². The summed E-state index contributed by atoms with van der Waals surface area (Å²) in [7, 11) is 1.59. The van der Waals surface area contributed by atoms with E-state index >= 15 is 0 Å². The Labute approximate surface area is 105 Å². The maximum absolute atomic E-state index is 11.8. The molecule has 5 heteroatoms. The summed E-state index contributed by atoms with van der Waals surface area (Å²) in [5.41, 5.74) is 0. The Kier molecular flexibility index (Phi) is 4.02. The molecule has 0 radical (unpaired) electrons.